The standard InChI is InChI=1S/C22H34N4O2/c1-5-23-21(25-19-18-10-12-28-20(18)22(19,2)3)24-15-9-11-26(14-15)16-7-6-8-17(13-16)27-4/h6-8,13,15,18-20H,5,9-12,14H2,1-4H3,(H2,23,24,25). The van der Waals surface area contributed by atoms with Crippen molar-refractivity contribution in [2.24, 2.45) is 16.3 Å². The first-order valence-corrected chi connectivity index (χ1v) is 10.6. The van der Waals surface area contributed by atoms with Crippen LogP contribution in [0.3, 0.4) is 0 Å². The second-order valence-electron chi connectivity index (χ2n) is 8.79. The van der Waals surface area contributed by atoms with Crippen LogP contribution in [0, 0.1) is 11.3 Å². The summed E-state index contributed by atoms with van der Waals surface area (Å²) in [7, 11) is 1.72. The van der Waals surface area contributed by atoms with Gasteiger partial charge in [0.05, 0.1) is 13.2 Å². The lowest BCUT2D eigenvalue weighted by molar-refractivity contribution is -0.106. The van der Waals surface area contributed by atoms with E-state index in [2.05, 4.69) is 54.5 Å². The molecule has 3 fully saturated rings. The molecule has 4 atom stereocenters. The molecule has 4 rings (SSSR count). The van der Waals surface area contributed by atoms with Crippen LogP contribution in [0.25, 0.3) is 0 Å². The summed E-state index contributed by atoms with van der Waals surface area (Å²) in [6.45, 7) is 10.4. The van der Waals surface area contributed by atoms with E-state index in [9.17, 15) is 0 Å². The number of rotatable bonds is 5. The fourth-order valence-electron chi connectivity index (χ4n) is 5.17. The molecule has 2 N–H and O–H groups in total. The van der Waals surface area contributed by atoms with Gasteiger partial charge in [-0.25, -0.2) is 0 Å². The summed E-state index contributed by atoms with van der Waals surface area (Å²) >= 11 is 0. The van der Waals surface area contributed by atoms with Crippen molar-refractivity contribution in [3.63, 3.8) is 0 Å². The van der Waals surface area contributed by atoms with E-state index in [-0.39, 0.29) is 5.41 Å². The normalized spacial score (nSPS) is 31.3. The van der Waals surface area contributed by atoms with Crippen LogP contribution in [0.1, 0.15) is 33.6 Å². The molecule has 1 saturated carbocycles. The van der Waals surface area contributed by atoms with E-state index in [1.807, 2.05) is 6.07 Å². The molecule has 2 saturated heterocycles. The number of aliphatic imine (C=N–C) groups is 1. The number of anilines is 1. The maximum Gasteiger partial charge on any atom is 0.191 e. The van der Waals surface area contributed by atoms with Crippen molar-refractivity contribution >= 4 is 11.6 Å². The molecule has 0 radical (unpaired) electrons. The molecule has 4 unspecified atom stereocenters. The topological polar surface area (TPSA) is 58.1 Å². The van der Waals surface area contributed by atoms with Crippen molar-refractivity contribution in [2.45, 2.75) is 51.8 Å². The zero-order valence-corrected chi connectivity index (χ0v) is 17.6. The second kappa shape index (κ2) is 7.82. The molecule has 1 aliphatic carbocycles. The highest BCUT2D eigenvalue weighted by Gasteiger charge is 2.59. The molecule has 0 spiro atoms. The number of guanidine groups is 1. The Balaban J connectivity index is 1.37. The number of methoxy groups -OCH3 is 1. The molecular weight excluding hydrogens is 352 g/mol. The number of benzene rings is 1. The third kappa shape index (κ3) is 3.54. The molecule has 28 heavy (non-hydrogen) atoms. The number of nitrogens with zero attached hydrogens (tertiary/aromatic N) is 2. The molecule has 1 aromatic carbocycles. The molecule has 0 bridgehead atoms. The summed E-state index contributed by atoms with van der Waals surface area (Å²) in [5.41, 5.74) is 1.37. The van der Waals surface area contributed by atoms with E-state index in [0.717, 1.165) is 50.8 Å². The summed E-state index contributed by atoms with van der Waals surface area (Å²) in [5.74, 6) is 2.46. The predicted octanol–water partition coefficient (Wildman–Crippen LogP) is 2.64. The van der Waals surface area contributed by atoms with Crippen LogP contribution in [0.2, 0.25) is 0 Å². The number of ether oxygens (including phenoxy) is 2. The molecule has 2 heterocycles. The van der Waals surface area contributed by atoms with Gasteiger partial charge in [0, 0.05) is 61.4 Å². The second-order valence-corrected chi connectivity index (χ2v) is 8.79. The summed E-state index contributed by atoms with van der Waals surface area (Å²) in [4.78, 5) is 7.14. The van der Waals surface area contributed by atoms with Crippen LogP contribution in [-0.4, -0.2) is 57.5 Å². The fraction of sp³-hybridized carbons (Fsp3) is 0.682. The minimum Gasteiger partial charge on any atom is -0.497 e. The molecule has 0 aromatic heterocycles. The fourth-order valence-corrected chi connectivity index (χ4v) is 5.17. The third-order valence-electron chi connectivity index (χ3n) is 6.66. The van der Waals surface area contributed by atoms with E-state index in [1.54, 1.807) is 7.11 Å². The maximum atomic E-state index is 5.94. The summed E-state index contributed by atoms with van der Waals surface area (Å²) in [5, 5.41) is 7.42. The Hall–Kier alpha value is -1.95. The quantitative estimate of drug-likeness (QED) is 0.602. The first kappa shape index (κ1) is 19.4. The van der Waals surface area contributed by atoms with Gasteiger partial charge in [-0.05, 0) is 31.9 Å². The van der Waals surface area contributed by atoms with Gasteiger partial charge in [0.1, 0.15) is 5.75 Å². The lowest BCUT2D eigenvalue weighted by Gasteiger charge is -2.55. The van der Waals surface area contributed by atoms with Gasteiger partial charge < -0.3 is 25.0 Å². The molecule has 0 amide bonds. The SMILES string of the molecule is CCN=C(NC1CCN(c2cccc(OC)c2)C1)NC1C2CCOC2C1(C)C. The molecule has 2 aliphatic heterocycles. The molecule has 6 heteroatoms. The predicted molar refractivity (Wildman–Crippen MR) is 113 cm³/mol. The zero-order chi connectivity index (χ0) is 19.7. The van der Waals surface area contributed by atoms with Crippen molar-refractivity contribution < 1.29 is 9.47 Å². The van der Waals surface area contributed by atoms with E-state index >= 15 is 0 Å². The number of nitrogens with one attached hydrogen (secondary N) is 2. The average Bonchev–Trinajstić information content (AvgIpc) is 3.34. The highest BCUT2D eigenvalue weighted by atomic mass is 16.5. The smallest absolute Gasteiger partial charge is 0.191 e. The molecule has 3 aliphatic rings. The van der Waals surface area contributed by atoms with Gasteiger partial charge in [-0.3, -0.25) is 4.99 Å². The lowest BCUT2D eigenvalue weighted by Crippen LogP contribution is -2.68. The van der Waals surface area contributed by atoms with Crippen LogP contribution in [0.4, 0.5) is 5.69 Å². The van der Waals surface area contributed by atoms with Gasteiger partial charge in [0.25, 0.3) is 0 Å². The summed E-state index contributed by atoms with van der Waals surface area (Å²) in [6, 6.07) is 9.13. The van der Waals surface area contributed by atoms with E-state index in [4.69, 9.17) is 14.5 Å². The molecule has 1 aromatic rings. The lowest BCUT2D eigenvalue weighted by atomic mass is 9.57. The van der Waals surface area contributed by atoms with Gasteiger partial charge in [-0.15, -0.1) is 0 Å². The molecule has 154 valence electrons. The first-order valence-electron chi connectivity index (χ1n) is 10.6. The van der Waals surface area contributed by atoms with Crippen molar-refractivity contribution in [1.29, 1.82) is 0 Å². The molecule has 6 nitrogen and oxygen atoms in total. The van der Waals surface area contributed by atoms with Crippen molar-refractivity contribution in [3.05, 3.63) is 24.3 Å². The van der Waals surface area contributed by atoms with E-state index in [0.29, 0.717) is 24.1 Å². The average molecular weight is 387 g/mol. The third-order valence-corrected chi connectivity index (χ3v) is 6.66. The van der Waals surface area contributed by atoms with Crippen LogP contribution in [0.5, 0.6) is 5.75 Å². The Kier molecular flexibility index (Phi) is 5.41. The van der Waals surface area contributed by atoms with Gasteiger partial charge in [-0.1, -0.05) is 19.9 Å². The Morgan fingerprint density at radius 1 is 1.32 bits per heavy atom. The van der Waals surface area contributed by atoms with E-state index in [1.165, 1.54) is 5.69 Å². The zero-order valence-electron chi connectivity index (χ0n) is 17.6. The van der Waals surface area contributed by atoms with Gasteiger partial charge in [0.2, 0.25) is 0 Å². The van der Waals surface area contributed by atoms with Gasteiger partial charge in [-0.2, -0.15) is 0 Å². The van der Waals surface area contributed by atoms with Crippen LogP contribution in [0.15, 0.2) is 29.3 Å². The number of fused-ring (bicyclic) bond motifs is 1. The molecular formula is C22H34N4O2. The summed E-state index contributed by atoms with van der Waals surface area (Å²) < 4.78 is 11.3. The minimum absolute atomic E-state index is 0.152. The van der Waals surface area contributed by atoms with Crippen LogP contribution >= 0.6 is 0 Å². The van der Waals surface area contributed by atoms with Gasteiger partial charge >= 0.3 is 0 Å². The summed E-state index contributed by atoms with van der Waals surface area (Å²) in [6.07, 6.45) is 2.64. The first-order chi connectivity index (χ1) is 13.5. The monoisotopic (exact) mass is 386 g/mol. The maximum absolute atomic E-state index is 5.94. The van der Waals surface area contributed by atoms with Crippen molar-refractivity contribution in [2.75, 3.05) is 38.3 Å². The highest BCUT2D eigenvalue weighted by Crippen LogP contribution is 2.52. The van der Waals surface area contributed by atoms with Gasteiger partial charge in [0.15, 0.2) is 5.96 Å². The van der Waals surface area contributed by atoms with Crippen molar-refractivity contribution in [1.82, 2.24) is 10.6 Å². The van der Waals surface area contributed by atoms with Crippen LogP contribution in [-0.2, 0) is 4.74 Å². The minimum atomic E-state index is 0.152. The van der Waals surface area contributed by atoms with Crippen molar-refractivity contribution in [3.8, 4) is 5.75 Å². The Morgan fingerprint density at radius 3 is 2.96 bits per heavy atom. The largest absolute Gasteiger partial charge is 0.497 e. The Morgan fingerprint density at radius 2 is 2.18 bits per heavy atom. The Labute approximate surface area is 168 Å². The van der Waals surface area contributed by atoms with Crippen LogP contribution < -0.4 is 20.3 Å². The number of hydrogen-bond acceptors (Lipinski definition) is 4. The Bertz CT molecular complexity index is 720. The van der Waals surface area contributed by atoms with E-state index < -0.39 is 0 Å². The highest BCUT2D eigenvalue weighted by molar-refractivity contribution is 5.81. The number of hydrogen-bond donors (Lipinski definition) is 2.